The lowest BCUT2D eigenvalue weighted by atomic mass is 10.0. The van der Waals surface area contributed by atoms with Crippen molar-refractivity contribution in [3.63, 3.8) is 0 Å². The van der Waals surface area contributed by atoms with Crippen LogP contribution in [0.4, 0.5) is 5.69 Å². The maximum absolute atomic E-state index is 4.95. The van der Waals surface area contributed by atoms with E-state index in [1.165, 1.54) is 22.5 Å². The van der Waals surface area contributed by atoms with Crippen LogP contribution in [0.2, 0.25) is 0 Å². The summed E-state index contributed by atoms with van der Waals surface area (Å²) in [6.07, 6.45) is 3.22. The van der Waals surface area contributed by atoms with E-state index in [0.717, 1.165) is 43.9 Å². The number of imidazole rings is 1. The predicted molar refractivity (Wildman–Crippen MR) is 99.4 cm³/mol. The second-order valence-corrected chi connectivity index (χ2v) is 6.35. The van der Waals surface area contributed by atoms with Crippen LogP contribution in [0.3, 0.4) is 0 Å². The van der Waals surface area contributed by atoms with Gasteiger partial charge in [-0.3, -0.25) is 4.90 Å². The third-order valence-electron chi connectivity index (χ3n) is 4.99. The number of hydrogen-bond acceptors (Lipinski definition) is 3. The van der Waals surface area contributed by atoms with Crippen molar-refractivity contribution in [2.75, 3.05) is 25.0 Å². The molecule has 3 aromatic rings. The fourth-order valence-corrected chi connectivity index (χ4v) is 3.54. The van der Waals surface area contributed by atoms with Crippen LogP contribution < -0.4 is 5.32 Å². The lowest BCUT2D eigenvalue weighted by molar-refractivity contribution is 0.292. The Kier molecular flexibility index (Phi) is 3.98. The van der Waals surface area contributed by atoms with Crippen molar-refractivity contribution >= 4 is 11.3 Å². The highest BCUT2D eigenvalue weighted by Crippen LogP contribution is 2.31. The van der Waals surface area contributed by atoms with Crippen LogP contribution in [-0.2, 0) is 13.0 Å². The molecule has 1 aliphatic heterocycles. The van der Waals surface area contributed by atoms with Gasteiger partial charge in [0, 0.05) is 30.5 Å². The van der Waals surface area contributed by atoms with Gasteiger partial charge in [-0.05, 0) is 49.3 Å². The van der Waals surface area contributed by atoms with Gasteiger partial charge in [-0.2, -0.15) is 0 Å². The topological polar surface area (TPSA) is 32.6 Å². The Labute approximate surface area is 143 Å². The minimum absolute atomic E-state index is 0.919. The van der Waals surface area contributed by atoms with E-state index in [-0.39, 0.29) is 0 Å². The molecule has 24 heavy (non-hydrogen) atoms. The van der Waals surface area contributed by atoms with Crippen molar-refractivity contribution in [1.82, 2.24) is 14.3 Å². The Balaban J connectivity index is 1.84. The fraction of sp³-hybridized carbons (Fsp3) is 0.350. The monoisotopic (exact) mass is 320 g/mol. The smallest absolute Gasteiger partial charge is 0.137 e. The predicted octanol–water partition coefficient (Wildman–Crippen LogP) is 3.81. The number of aromatic nitrogens is 2. The van der Waals surface area contributed by atoms with Gasteiger partial charge in [-0.1, -0.05) is 26.0 Å². The van der Waals surface area contributed by atoms with Crippen LogP contribution in [0.25, 0.3) is 16.9 Å². The van der Waals surface area contributed by atoms with E-state index >= 15 is 0 Å². The van der Waals surface area contributed by atoms with Gasteiger partial charge in [-0.25, -0.2) is 4.98 Å². The summed E-state index contributed by atoms with van der Waals surface area (Å²) in [5.41, 5.74) is 7.31. The normalized spacial score (nSPS) is 13.5. The average molecular weight is 320 g/mol. The van der Waals surface area contributed by atoms with E-state index in [1.807, 2.05) is 0 Å². The van der Waals surface area contributed by atoms with Crippen molar-refractivity contribution in [1.29, 1.82) is 0 Å². The van der Waals surface area contributed by atoms with Crippen molar-refractivity contribution in [3.05, 3.63) is 53.9 Å². The van der Waals surface area contributed by atoms with Gasteiger partial charge >= 0.3 is 0 Å². The molecule has 4 nitrogen and oxygen atoms in total. The molecule has 0 bridgehead atoms. The molecule has 0 spiro atoms. The summed E-state index contributed by atoms with van der Waals surface area (Å²) < 4.78 is 2.24. The Morgan fingerprint density at radius 3 is 2.88 bits per heavy atom. The standard InChI is InChI=1S/C20H24N4/c1-3-23(4-2)14-18-20(22-19-7-5-6-12-24(18)19)16-8-9-17-15(13-16)10-11-21-17/h5-9,12-13,21H,3-4,10-11,14H2,1-2H3. The third kappa shape index (κ3) is 2.57. The van der Waals surface area contributed by atoms with E-state index in [2.05, 4.69) is 71.1 Å². The van der Waals surface area contributed by atoms with Crippen LogP contribution in [-0.4, -0.2) is 33.9 Å². The third-order valence-corrected chi connectivity index (χ3v) is 4.99. The van der Waals surface area contributed by atoms with E-state index in [9.17, 15) is 0 Å². The van der Waals surface area contributed by atoms with Crippen molar-refractivity contribution in [2.45, 2.75) is 26.8 Å². The zero-order valence-corrected chi connectivity index (χ0v) is 14.4. The Morgan fingerprint density at radius 2 is 2.04 bits per heavy atom. The lowest BCUT2D eigenvalue weighted by Crippen LogP contribution is -2.23. The molecule has 1 N–H and O–H groups in total. The maximum Gasteiger partial charge on any atom is 0.137 e. The molecule has 0 amide bonds. The number of benzene rings is 1. The molecular weight excluding hydrogens is 296 g/mol. The number of nitrogens with one attached hydrogen (secondary N) is 1. The summed E-state index contributed by atoms with van der Waals surface area (Å²) in [7, 11) is 0. The molecule has 0 saturated carbocycles. The summed E-state index contributed by atoms with van der Waals surface area (Å²) in [6.45, 7) is 8.48. The van der Waals surface area contributed by atoms with E-state index < -0.39 is 0 Å². The number of anilines is 1. The fourth-order valence-electron chi connectivity index (χ4n) is 3.54. The van der Waals surface area contributed by atoms with Crippen LogP contribution in [0.15, 0.2) is 42.6 Å². The highest BCUT2D eigenvalue weighted by atomic mass is 15.1. The molecule has 1 aromatic carbocycles. The van der Waals surface area contributed by atoms with Crippen molar-refractivity contribution in [2.24, 2.45) is 0 Å². The highest BCUT2D eigenvalue weighted by molar-refractivity contribution is 5.71. The SMILES string of the molecule is CCN(CC)Cc1c(-c2ccc3c(c2)CCN3)nc2ccccn12. The number of hydrogen-bond donors (Lipinski definition) is 1. The van der Waals surface area contributed by atoms with Crippen molar-refractivity contribution in [3.8, 4) is 11.3 Å². The molecule has 0 radical (unpaired) electrons. The van der Waals surface area contributed by atoms with Crippen LogP contribution in [0, 0.1) is 0 Å². The molecule has 4 rings (SSSR count). The van der Waals surface area contributed by atoms with E-state index in [1.54, 1.807) is 0 Å². The zero-order chi connectivity index (χ0) is 16.5. The second kappa shape index (κ2) is 6.29. The van der Waals surface area contributed by atoms with Gasteiger partial charge in [0.15, 0.2) is 0 Å². The molecule has 2 aromatic heterocycles. The Morgan fingerprint density at radius 1 is 1.17 bits per heavy atom. The molecule has 124 valence electrons. The lowest BCUT2D eigenvalue weighted by Gasteiger charge is -2.18. The van der Waals surface area contributed by atoms with Gasteiger partial charge in [0.05, 0.1) is 11.4 Å². The minimum Gasteiger partial charge on any atom is -0.384 e. The van der Waals surface area contributed by atoms with Gasteiger partial charge in [0.25, 0.3) is 0 Å². The second-order valence-electron chi connectivity index (χ2n) is 6.35. The van der Waals surface area contributed by atoms with E-state index in [4.69, 9.17) is 4.98 Å². The molecule has 1 aliphatic rings. The highest BCUT2D eigenvalue weighted by Gasteiger charge is 2.18. The van der Waals surface area contributed by atoms with Crippen LogP contribution in [0.1, 0.15) is 25.1 Å². The molecule has 0 saturated heterocycles. The molecule has 0 unspecified atom stereocenters. The van der Waals surface area contributed by atoms with Gasteiger partial charge in [0.2, 0.25) is 0 Å². The summed E-state index contributed by atoms with van der Waals surface area (Å²) >= 11 is 0. The first-order valence-corrected chi connectivity index (χ1v) is 8.85. The first kappa shape index (κ1) is 15.2. The summed E-state index contributed by atoms with van der Waals surface area (Å²) in [5, 5.41) is 3.44. The van der Waals surface area contributed by atoms with Gasteiger partial charge in [0.1, 0.15) is 5.65 Å². The van der Waals surface area contributed by atoms with Gasteiger partial charge < -0.3 is 9.72 Å². The van der Waals surface area contributed by atoms with Crippen molar-refractivity contribution < 1.29 is 0 Å². The molecule has 0 fully saturated rings. The average Bonchev–Trinajstić information content (AvgIpc) is 3.23. The van der Waals surface area contributed by atoms with Crippen LogP contribution in [0.5, 0.6) is 0 Å². The number of pyridine rings is 1. The maximum atomic E-state index is 4.95. The molecule has 0 aliphatic carbocycles. The number of rotatable bonds is 5. The Bertz CT molecular complexity index is 861. The quantitative estimate of drug-likeness (QED) is 0.776. The minimum atomic E-state index is 0.919. The first-order chi connectivity index (χ1) is 11.8. The molecule has 3 heterocycles. The largest absolute Gasteiger partial charge is 0.384 e. The summed E-state index contributed by atoms with van der Waals surface area (Å²) in [5.74, 6) is 0. The number of fused-ring (bicyclic) bond motifs is 2. The summed E-state index contributed by atoms with van der Waals surface area (Å²) in [6, 6.07) is 12.9. The van der Waals surface area contributed by atoms with Crippen LogP contribution >= 0.6 is 0 Å². The molecule has 4 heteroatoms. The molecular formula is C20H24N4. The Hall–Kier alpha value is -2.33. The molecule has 0 atom stereocenters. The van der Waals surface area contributed by atoms with E-state index in [0.29, 0.717) is 0 Å². The summed E-state index contributed by atoms with van der Waals surface area (Å²) in [4.78, 5) is 7.39. The van der Waals surface area contributed by atoms with Gasteiger partial charge in [-0.15, -0.1) is 0 Å². The zero-order valence-electron chi connectivity index (χ0n) is 14.4. The number of nitrogens with zero attached hydrogens (tertiary/aromatic N) is 3. The first-order valence-electron chi connectivity index (χ1n) is 8.85.